The Morgan fingerprint density at radius 3 is 2.81 bits per heavy atom. The Labute approximate surface area is 134 Å². The fourth-order valence-corrected chi connectivity index (χ4v) is 3.47. The van der Waals surface area contributed by atoms with E-state index < -0.39 is 0 Å². The van der Waals surface area contributed by atoms with Gasteiger partial charge in [-0.25, -0.2) is 0 Å². The number of rotatable bonds is 7. The summed E-state index contributed by atoms with van der Waals surface area (Å²) >= 11 is 6.49. The quantitative estimate of drug-likeness (QED) is 0.713. The highest BCUT2D eigenvalue weighted by Gasteiger charge is 2.22. The predicted molar refractivity (Wildman–Crippen MR) is 93.3 cm³/mol. The normalized spacial score (nSPS) is 19.0. The van der Waals surface area contributed by atoms with E-state index in [9.17, 15) is 0 Å². The van der Waals surface area contributed by atoms with Crippen LogP contribution in [-0.4, -0.2) is 19.1 Å². The van der Waals surface area contributed by atoms with E-state index in [-0.39, 0.29) is 0 Å². The molecule has 1 aliphatic rings. The summed E-state index contributed by atoms with van der Waals surface area (Å²) in [6.45, 7) is 7.55. The molecular formula is C18H29ClN2. The van der Waals surface area contributed by atoms with Crippen LogP contribution in [-0.2, 0) is 6.54 Å². The summed E-state index contributed by atoms with van der Waals surface area (Å²) < 4.78 is 0. The maximum Gasteiger partial charge on any atom is 0.0471 e. The molecule has 0 amide bonds. The molecule has 118 valence electrons. The molecule has 0 radical (unpaired) electrons. The summed E-state index contributed by atoms with van der Waals surface area (Å²) in [6, 6.07) is 7.31. The highest BCUT2D eigenvalue weighted by atomic mass is 35.5. The molecular weight excluding hydrogens is 280 g/mol. The fourth-order valence-electron chi connectivity index (χ4n) is 3.23. The topological polar surface area (TPSA) is 15.3 Å². The van der Waals surface area contributed by atoms with Gasteiger partial charge in [0.15, 0.2) is 0 Å². The molecule has 1 unspecified atom stereocenters. The molecule has 1 heterocycles. The summed E-state index contributed by atoms with van der Waals surface area (Å²) in [6.07, 6.45) is 7.70. The number of benzene rings is 1. The van der Waals surface area contributed by atoms with Crippen LogP contribution in [0.25, 0.3) is 0 Å². The van der Waals surface area contributed by atoms with E-state index in [1.807, 2.05) is 0 Å². The molecule has 2 rings (SSSR count). The minimum absolute atomic E-state index is 0.698. The van der Waals surface area contributed by atoms with E-state index in [1.54, 1.807) is 0 Å². The van der Waals surface area contributed by atoms with Crippen molar-refractivity contribution in [2.75, 3.05) is 18.0 Å². The summed E-state index contributed by atoms with van der Waals surface area (Å²) in [5.41, 5.74) is 2.51. The predicted octanol–water partition coefficient (Wildman–Crippen LogP) is 5.00. The maximum absolute atomic E-state index is 6.49. The summed E-state index contributed by atoms with van der Waals surface area (Å²) in [5, 5.41) is 4.32. The van der Waals surface area contributed by atoms with Crippen LogP contribution < -0.4 is 10.2 Å². The van der Waals surface area contributed by atoms with Gasteiger partial charge in [-0.2, -0.15) is 0 Å². The van der Waals surface area contributed by atoms with Crippen molar-refractivity contribution < 1.29 is 0 Å². The summed E-state index contributed by atoms with van der Waals surface area (Å²) in [7, 11) is 0. The Balaban J connectivity index is 2.06. The first-order valence-electron chi connectivity index (χ1n) is 8.52. The molecule has 0 bridgehead atoms. The molecule has 1 saturated heterocycles. The lowest BCUT2D eigenvalue weighted by atomic mass is 9.97. The van der Waals surface area contributed by atoms with Crippen molar-refractivity contribution in [3.8, 4) is 0 Å². The Morgan fingerprint density at radius 1 is 1.24 bits per heavy atom. The van der Waals surface area contributed by atoms with Crippen molar-refractivity contribution in [2.24, 2.45) is 0 Å². The molecule has 1 aromatic rings. The van der Waals surface area contributed by atoms with Crippen LogP contribution in [0.15, 0.2) is 18.2 Å². The van der Waals surface area contributed by atoms with Crippen LogP contribution in [0.5, 0.6) is 0 Å². The van der Waals surface area contributed by atoms with Gasteiger partial charge in [-0.1, -0.05) is 37.9 Å². The fraction of sp³-hybridized carbons (Fsp3) is 0.667. The summed E-state index contributed by atoms with van der Waals surface area (Å²) in [4.78, 5) is 2.57. The molecule has 0 aromatic heterocycles. The number of halogens is 1. The van der Waals surface area contributed by atoms with E-state index >= 15 is 0 Å². The van der Waals surface area contributed by atoms with Gasteiger partial charge in [0.1, 0.15) is 0 Å². The average molecular weight is 309 g/mol. The molecule has 1 aliphatic heterocycles. The Bertz CT molecular complexity index is 431. The van der Waals surface area contributed by atoms with E-state index in [1.165, 1.54) is 49.9 Å². The van der Waals surface area contributed by atoms with E-state index in [0.29, 0.717) is 6.04 Å². The van der Waals surface area contributed by atoms with Crippen molar-refractivity contribution in [1.82, 2.24) is 5.32 Å². The van der Waals surface area contributed by atoms with Gasteiger partial charge in [0.05, 0.1) is 0 Å². The smallest absolute Gasteiger partial charge is 0.0471 e. The van der Waals surface area contributed by atoms with Crippen molar-refractivity contribution in [3.05, 3.63) is 28.8 Å². The first-order valence-corrected chi connectivity index (χ1v) is 8.89. The van der Waals surface area contributed by atoms with Gasteiger partial charge in [-0.05, 0) is 56.3 Å². The number of hydrogen-bond donors (Lipinski definition) is 1. The molecule has 2 nitrogen and oxygen atoms in total. The van der Waals surface area contributed by atoms with Gasteiger partial charge in [-0.15, -0.1) is 0 Å². The maximum atomic E-state index is 6.49. The molecule has 1 atom stereocenters. The van der Waals surface area contributed by atoms with Gasteiger partial charge in [0.25, 0.3) is 0 Å². The Kier molecular flexibility index (Phi) is 6.85. The van der Waals surface area contributed by atoms with Gasteiger partial charge in [0, 0.05) is 29.8 Å². The SMILES string of the molecule is CCCNCc1ccc(N2CCCCC2CCC)cc1Cl. The molecule has 1 N–H and O–H groups in total. The largest absolute Gasteiger partial charge is 0.369 e. The lowest BCUT2D eigenvalue weighted by Crippen LogP contribution is -2.39. The summed E-state index contributed by atoms with van der Waals surface area (Å²) in [5.74, 6) is 0. The third-order valence-corrected chi connectivity index (χ3v) is 4.71. The molecule has 0 spiro atoms. The van der Waals surface area contributed by atoms with Gasteiger partial charge >= 0.3 is 0 Å². The van der Waals surface area contributed by atoms with Gasteiger partial charge in [0.2, 0.25) is 0 Å². The van der Waals surface area contributed by atoms with Crippen LogP contribution in [0.4, 0.5) is 5.69 Å². The second kappa shape index (κ2) is 8.65. The minimum Gasteiger partial charge on any atom is -0.369 e. The minimum atomic E-state index is 0.698. The lowest BCUT2D eigenvalue weighted by molar-refractivity contribution is 0.435. The number of anilines is 1. The van der Waals surface area contributed by atoms with Gasteiger partial charge < -0.3 is 10.2 Å². The van der Waals surface area contributed by atoms with Crippen LogP contribution in [0.1, 0.15) is 57.9 Å². The molecule has 0 aliphatic carbocycles. The zero-order valence-electron chi connectivity index (χ0n) is 13.5. The van der Waals surface area contributed by atoms with E-state index in [2.05, 4.69) is 42.3 Å². The second-order valence-electron chi connectivity index (χ2n) is 6.08. The second-order valence-corrected chi connectivity index (χ2v) is 6.49. The standard InChI is InChI=1S/C18H29ClN2/c1-3-7-16-8-5-6-12-21(16)17-10-9-15(18(19)13-17)14-20-11-4-2/h9-10,13,16,20H,3-8,11-12,14H2,1-2H3. The number of nitrogens with one attached hydrogen (secondary N) is 1. The highest BCUT2D eigenvalue weighted by molar-refractivity contribution is 6.31. The zero-order chi connectivity index (χ0) is 15.1. The lowest BCUT2D eigenvalue weighted by Gasteiger charge is -2.38. The van der Waals surface area contributed by atoms with Crippen LogP contribution in [0, 0.1) is 0 Å². The van der Waals surface area contributed by atoms with E-state index in [0.717, 1.165) is 24.5 Å². The molecule has 3 heteroatoms. The van der Waals surface area contributed by atoms with Crippen molar-refractivity contribution in [1.29, 1.82) is 0 Å². The number of piperidine rings is 1. The molecule has 1 aromatic carbocycles. The van der Waals surface area contributed by atoms with Crippen molar-refractivity contribution in [3.63, 3.8) is 0 Å². The van der Waals surface area contributed by atoms with Crippen LogP contribution in [0.3, 0.4) is 0 Å². The Hall–Kier alpha value is -0.730. The number of hydrogen-bond acceptors (Lipinski definition) is 2. The highest BCUT2D eigenvalue weighted by Crippen LogP contribution is 2.30. The Morgan fingerprint density at radius 2 is 2.10 bits per heavy atom. The van der Waals surface area contributed by atoms with Crippen LogP contribution in [0.2, 0.25) is 5.02 Å². The van der Waals surface area contributed by atoms with Crippen molar-refractivity contribution in [2.45, 2.75) is 65.0 Å². The molecule has 0 saturated carbocycles. The number of nitrogens with zero attached hydrogens (tertiary/aromatic N) is 1. The average Bonchev–Trinajstić information content (AvgIpc) is 2.50. The monoisotopic (exact) mass is 308 g/mol. The third kappa shape index (κ3) is 4.62. The third-order valence-electron chi connectivity index (χ3n) is 4.36. The first kappa shape index (κ1) is 16.6. The molecule has 21 heavy (non-hydrogen) atoms. The first-order chi connectivity index (χ1) is 10.3. The van der Waals surface area contributed by atoms with Crippen LogP contribution >= 0.6 is 11.6 Å². The molecule has 1 fully saturated rings. The van der Waals surface area contributed by atoms with Crippen molar-refractivity contribution >= 4 is 17.3 Å². The van der Waals surface area contributed by atoms with E-state index in [4.69, 9.17) is 11.6 Å². The zero-order valence-corrected chi connectivity index (χ0v) is 14.3. The van der Waals surface area contributed by atoms with Gasteiger partial charge in [-0.3, -0.25) is 0 Å².